The van der Waals surface area contributed by atoms with Gasteiger partial charge >= 0.3 is 0 Å². The first-order valence-corrected chi connectivity index (χ1v) is 8.54. The van der Waals surface area contributed by atoms with E-state index in [-0.39, 0.29) is 0 Å². The lowest BCUT2D eigenvalue weighted by molar-refractivity contribution is 0.332. The summed E-state index contributed by atoms with van der Waals surface area (Å²) in [6, 6.07) is 25.4. The minimum absolute atomic E-state index is 0.592. The van der Waals surface area contributed by atoms with Crippen LogP contribution in [-0.4, -0.2) is 13.2 Å². The molecule has 0 heterocycles. The van der Waals surface area contributed by atoms with Crippen LogP contribution in [0.2, 0.25) is 0 Å². The topological polar surface area (TPSA) is 30.5 Å². The third kappa shape index (κ3) is 5.03. The van der Waals surface area contributed by atoms with Gasteiger partial charge in [0.05, 0.1) is 0 Å². The smallest absolute Gasteiger partial charge is 0.127 e. The molecule has 1 N–H and O–H groups in total. The fourth-order valence-corrected chi connectivity index (χ4v) is 2.42. The van der Waals surface area contributed by atoms with Crippen molar-refractivity contribution in [2.45, 2.75) is 0 Å². The summed E-state index contributed by atoms with van der Waals surface area (Å²) in [5.74, 6) is 2.44. The van der Waals surface area contributed by atoms with Gasteiger partial charge in [0.2, 0.25) is 0 Å². The van der Waals surface area contributed by atoms with Gasteiger partial charge in [0.1, 0.15) is 23.9 Å². The molecule has 0 aliphatic rings. The van der Waals surface area contributed by atoms with Gasteiger partial charge in [0.15, 0.2) is 0 Å². The quantitative estimate of drug-likeness (QED) is 0.528. The minimum atomic E-state index is 0.592. The summed E-state index contributed by atoms with van der Waals surface area (Å²) in [6.45, 7) is 1.33. The fourth-order valence-electron chi connectivity index (χ4n) is 2.16. The molecule has 0 aliphatic carbocycles. The molecule has 0 bridgehead atoms. The highest BCUT2D eigenvalue weighted by Crippen LogP contribution is 2.23. The van der Waals surface area contributed by atoms with Crippen molar-refractivity contribution in [1.29, 1.82) is 0 Å². The molecule has 0 fully saturated rings. The maximum absolute atomic E-state index is 5.75. The van der Waals surface area contributed by atoms with Crippen LogP contribution in [0.25, 0.3) is 0 Å². The molecular formula is C20H18BrNO2. The van der Waals surface area contributed by atoms with E-state index in [1.165, 1.54) is 0 Å². The monoisotopic (exact) mass is 383 g/mol. The van der Waals surface area contributed by atoms with E-state index < -0.39 is 0 Å². The number of rotatable bonds is 7. The maximum Gasteiger partial charge on any atom is 0.127 e. The molecule has 0 aliphatic heterocycles. The average molecular weight is 384 g/mol. The molecule has 0 amide bonds. The second-order valence-electron chi connectivity index (χ2n) is 5.17. The molecule has 3 aromatic carbocycles. The van der Waals surface area contributed by atoms with Crippen LogP contribution >= 0.6 is 15.9 Å². The van der Waals surface area contributed by atoms with E-state index in [0.29, 0.717) is 6.61 Å². The van der Waals surface area contributed by atoms with Gasteiger partial charge in [-0.2, -0.15) is 0 Å². The number of nitrogens with one attached hydrogen (secondary N) is 1. The van der Waals surface area contributed by atoms with Crippen molar-refractivity contribution in [3.8, 4) is 17.2 Å². The SMILES string of the molecule is Brc1ccc(NCCOc2ccc(Oc3ccccc3)cc2)cc1. The number of halogens is 1. The number of benzene rings is 3. The largest absolute Gasteiger partial charge is 0.492 e. The van der Waals surface area contributed by atoms with E-state index in [9.17, 15) is 0 Å². The summed E-state index contributed by atoms with van der Waals surface area (Å²) >= 11 is 3.42. The van der Waals surface area contributed by atoms with Gasteiger partial charge in [0, 0.05) is 16.7 Å². The predicted octanol–water partition coefficient (Wildman–Crippen LogP) is 5.73. The van der Waals surface area contributed by atoms with E-state index in [0.717, 1.165) is 34.0 Å². The molecule has 122 valence electrons. The zero-order chi connectivity index (χ0) is 16.6. The summed E-state index contributed by atoms with van der Waals surface area (Å²) in [5, 5.41) is 3.32. The van der Waals surface area contributed by atoms with Gasteiger partial charge in [-0.25, -0.2) is 0 Å². The van der Waals surface area contributed by atoms with Crippen molar-refractivity contribution in [1.82, 2.24) is 0 Å². The molecule has 0 aromatic heterocycles. The minimum Gasteiger partial charge on any atom is -0.492 e. The number of anilines is 1. The Hall–Kier alpha value is -2.46. The maximum atomic E-state index is 5.75. The number of hydrogen-bond donors (Lipinski definition) is 1. The predicted molar refractivity (Wildman–Crippen MR) is 101 cm³/mol. The van der Waals surface area contributed by atoms with Crippen molar-refractivity contribution < 1.29 is 9.47 Å². The second-order valence-corrected chi connectivity index (χ2v) is 6.08. The van der Waals surface area contributed by atoms with Gasteiger partial charge in [-0.1, -0.05) is 34.1 Å². The molecule has 24 heavy (non-hydrogen) atoms. The highest BCUT2D eigenvalue weighted by atomic mass is 79.9. The van der Waals surface area contributed by atoms with E-state index in [1.54, 1.807) is 0 Å². The van der Waals surface area contributed by atoms with Crippen LogP contribution in [0, 0.1) is 0 Å². The molecule has 0 unspecified atom stereocenters. The zero-order valence-electron chi connectivity index (χ0n) is 13.1. The normalized spacial score (nSPS) is 10.2. The lowest BCUT2D eigenvalue weighted by Crippen LogP contribution is -2.11. The Kier molecular flexibility index (Phi) is 5.75. The van der Waals surface area contributed by atoms with Crippen molar-refractivity contribution in [2.75, 3.05) is 18.5 Å². The lowest BCUT2D eigenvalue weighted by atomic mass is 10.3. The average Bonchev–Trinajstić information content (AvgIpc) is 2.62. The summed E-state index contributed by atoms with van der Waals surface area (Å²) in [5.41, 5.74) is 1.08. The molecule has 3 rings (SSSR count). The Labute approximate surface area is 150 Å². The molecule has 0 spiro atoms. The highest BCUT2D eigenvalue weighted by Gasteiger charge is 1.98. The second kappa shape index (κ2) is 8.41. The van der Waals surface area contributed by atoms with Gasteiger partial charge < -0.3 is 14.8 Å². The van der Waals surface area contributed by atoms with Crippen LogP contribution in [0.15, 0.2) is 83.3 Å². The van der Waals surface area contributed by atoms with Crippen LogP contribution in [0.4, 0.5) is 5.69 Å². The van der Waals surface area contributed by atoms with E-state index in [4.69, 9.17) is 9.47 Å². The molecule has 0 saturated heterocycles. The standard InChI is InChI=1S/C20H18BrNO2/c21-16-6-8-17(9-7-16)22-14-15-23-18-10-12-20(13-11-18)24-19-4-2-1-3-5-19/h1-13,22H,14-15H2. The Morgan fingerprint density at radius 1 is 0.708 bits per heavy atom. The lowest BCUT2D eigenvalue weighted by Gasteiger charge is -2.10. The zero-order valence-corrected chi connectivity index (χ0v) is 14.7. The van der Waals surface area contributed by atoms with Crippen LogP contribution < -0.4 is 14.8 Å². The molecular weight excluding hydrogens is 366 g/mol. The van der Waals surface area contributed by atoms with Crippen molar-refractivity contribution >= 4 is 21.6 Å². The molecule has 0 radical (unpaired) electrons. The van der Waals surface area contributed by atoms with Crippen LogP contribution in [0.5, 0.6) is 17.2 Å². The molecule has 4 heteroatoms. The van der Waals surface area contributed by atoms with Gasteiger partial charge in [-0.3, -0.25) is 0 Å². The van der Waals surface area contributed by atoms with Gasteiger partial charge in [-0.05, 0) is 60.7 Å². The Morgan fingerprint density at radius 2 is 1.33 bits per heavy atom. The van der Waals surface area contributed by atoms with Crippen LogP contribution in [0.1, 0.15) is 0 Å². The summed E-state index contributed by atoms with van der Waals surface area (Å²) in [6.07, 6.45) is 0. The first kappa shape index (κ1) is 16.4. The number of ether oxygens (including phenoxy) is 2. The first-order chi connectivity index (χ1) is 11.8. The summed E-state index contributed by atoms with van der Waals surface area (Å²) in [7, 11) is 0. The third-order valence-corrected chi connectivity index (χ3v) is 3.88. The van der Waals surface area contributed by atoms with Gasteiger partial charge in [-0.15, -0.1) is 0 Å². The Balaban J connectivity index is 1.43. The highest BCUT2D eigenvalue weighted by molar-refractivity contribution is 9.10. The van der Waals surface area contributed by atoms with Crippen LogP contribution in [0.3, 0.4) is 0 Å². The molecule has 0 saturated carbocycles. The van der Waals surface area contributed by atoms with Crippen molar-refractivity contribution in [3.63, 3.8) is 0 Å². The van der Waals surface area contributed by atoms with Gasteiger partial charge in [0.25, 0.3) is 0 Å². The molecule has 3 nitrogen and oxygen atoms in total. The Bertz CT molecular complexity index is 743. The fraction of sp³-hybridized carbons (Fsp3) is 0.100. The van der Waals surface area contributed by atoms with Crippen LogP contribution in [-0.2, 0) is 0 Å². The third-order valence-electron chi connectivity index (χ3n) is 3.35. The summed E-state index contributed by atoms with van der Waals surface area (Å²) in [4.78, 5) is 0. The van der Waals surface area contributed by atoms with Crippen molar-refractivity contribution in [2.24, 2.45) is 0 Å². The van der Waals surface area contributed by atoms with Crippen molar-refractivity contribution in [3.05, 3.63) is 83.3 Å². The van der Waals surface area contributed by atoms with E-state index in [1.807, 2.05) is 78.9 Å². The summed E-state index contributed by atoms with van der Waals surface area (Å²) < 4.78 is 12.6. The Morgan fingerprint density at radius 3 is 2.04 bits per heavy atom. The first-order valence-electron chi connectivity index (χ1n) is 7.75. The molecule has 3 aromatic rings. The van der Waals surface area contributed by atoms with E-state index >= 15 is 0 Å². The number of hydrogen-bond acceptors (Lipinski definition) is 3. The van der Waals surface area contributed by atoms with E-state index in [2.05, 4.69) is 21.2 Å². The molecule has 0 atom stereocenters. The number of para-hydroxylation sites is 1.